The van der Waals surface area contributed by atoms with Crippen LogP contribution in [0, 0.1) is 11.8 Å². The molecule has 1 unspecified atom stereocenters. The molecule has 25 heavy (non-hydrogen) atoms. The molecule has 2 aliphatic rings. The van der Waals surface area contributed by atoms with Crippen LogP contribution in [0.2, 0.25) is 0 Å². The fourth-order valence-electron chi connectivity index (χ4n) is 3.93. The van der Waals surface area contributed by atoms with Gasteiger partial charge in [0.1, 0.15) is 6.54 Å². The Morgan fingerprint density at radius 1 is 1.08 bits per heavy atom. The van der Waals surface area contributed by atoms with Gasteiger partial charge in [0.15, 0.2) is 0 Å². The van der Waals surface area contributed by atoms with Crippen molar-refractivity contribution in [3.63, 3.8) is 0 Å². The minimum atomic E-state index is -0.699. The zero-order chi connectivity index (χ0) is 17.3. The van der Waals surface area contributed by atoms with Crippen LogP contribution in [-0.4, -0.2) is 24.2 Å². The van der Waals surface area contributed by atoms with Crippen molar-refractivity contribution in [2.45, 2.75) is 31.2 Å². The Labute approximate surface area is 148 Å². The van der Waals surface area contributed by atoms with Crippen molar-refractivity contribution in [3.05, 3.63) is 70.8 Å². The third-order valence-corrected chi connectivity index (χ3v) is 5.38. The number of carbonyl (C=O) groups is 1. The van der Waals surface area contributed by atoms with Crippen LogP contribution in [0.15, 0.2) is 48.5 Å². The molecular weight excluding hydrogens is 310 g/mol. The van der Waals surface area contributed by atoms with E-state index >= 15 is 0 Å². The molecule has 4 rings (SSSR count). The quantitative estimate of drug-likeness (QED) is 0.844. The van der Waals surface area contributed by atoms with Crippen molar-refractivity contribution in [1.29, 1.82) is 0 Å². The SMILES string of the molecule is O=C(O)CC[NH+]1Cc2ccc(C#Cc3ccccc3)cc2C2(CC2)C1. The number of carboxylic acid groups (broad SMARTS) is 1. The van der Waals surface area contributed by atoms with Gasteiger partial charge >= 0.3 is 5.97 Å². The maximum Gasteiger partial charge on any atom is 0.309 e. The fourth-order valence-corrected chi connectivity index (χ4v) is 3.93. The zero-order valence-electron chi connectivity index (χ0n) is 14.2. The van der Waals surface area contributed by atoms with Crippen molar-refractivity contribution in [2.75, 3.05) is 13.1 Å². The molecule has 2 aromatic carbocycles. The van der Waals surface area contributed by atoms with Gasteiger partial charge in [-0.2, -0.15) is 0 Å². The van der Waals surface area contributed by atoms with E-state index in [4.69, 9.17) is 5.11 Å². The first-order chi connectivity index (χ1) is 12.1. The summed E-state index contributed by atoms with van der Waals surface area (Å²) >= 11 is 0. The number of nitrogens with one attached hydrogen (secondary N) is 1. The largest absolute Gasteiger partial charge is 0.481 e. The highest BCUT2D eigenvalue weighted by Crippen LogP contribution is 2.49. The second-order valence-corrected chi connectivity index (χ2v) is 7.27. The predicted octanol–water partition coefficient (Wildman–Crippen LogP) is 1.99. The van der Waals surface area contributed by atoms with Gasteiger partial charge in [0.2, 0.25) is 0 Å². The van der Waals surface area contributed by atoms with Crippen LogP contribution in [0.1, 0.15) is 41.5 Å². The predicted molar refractivity (Wildman–Crippen MR) is 96.4 cm³/mol. The van der Waals surface area contributed by atoms with Gasteiger partial charge in [-0.25, -0.2) is 0 Å². The number of carboxylic acids is 1. The number of quaternary nitrogens is 1. The Bertz CT molecular complexity index is 857. The first-order valence-corrected chi connectivity index (χ1v) is 8.90. The molecule has 0 radical (unpaired) electrons. The molecule has 1 saturated carbocycles. The number of rotatable bonds is 3. The number of fused-ring (bicyclic) bond motifs is 2. The molecule has 126 valence electrons. The summed E-state index contributed by atoms with van der Waals surface area (Å²) in [5.74, 6) is 5.83. The summed E-state index contributed by atoms with van der Waals surface area (Å²) < 4.78 is 0. The molecular formula is C22H22NO2+. The van der Waals surface area contributed by atoms with Crippen LogP contribution in [0.3, 0.4) is 0 Å². The topological polar surface area (TPSA) is 41.7 Å². The van der Waals surface area contributed by atoms with Gasteiger partial charge in [-0.1, -0.05) is 36.1 Å². The van der Waals surface area contributed by atoms with Crippen LogP contribution in [-0.2, 0) is 16.8 Å². The number of hydrogen-bond donors (Lipinski definition) is 2. The van der Waals surface area contributed by atoms with E-state index in [1.54, 1.807) is 0 Å². The standard InChI is InChI=1S/C22H21NO2/c24-21(25)10-13-23-15-19-9-8-18(7-6-17-4-2-1-3-5-17)14-20(19)22(16-23)11-12-22/h1-5,8-9,14H,10-13,15-16H2,(H,24,25)/p+1. The van der Waals surface area contributed by atoms with Crippen LogP contribution in [0.5, 0.6) is 0 Å². The Balaban J connectivity index is 1.57. The molecule has 3 nitrogen and oxygen atoms in total. The van der Waals surface area contributed by atoms with Crippen LogP contribution in [0.25, 0.3) is 0 Å². The highest BCUT2D eigenvalue weighted by molar-refractivity contribution is 5.66. The lowest BCUT2D eigenvalue weighted by Gasteiger charge is -2.32. The second kappa shape index (κ2) is 6.38. The molecule has 1 spiro atoms. The van der Waals surface area contributed by atoms with Gasteiger partial charge in [-0.05, 0) is 42.7 Å². The summed E-state index contributed by atoms with van der Waals surface area (Å²) in [6.45, 7) is 2.70. The van der Waals surface area contributed by atoms with E-state index in [1.807, 2.05) is 30.3 Å². The number of benzene rings is 2. The maximum absolute atomic E-state index is 10.9. The summed E-state index contributed by atoms with van der Waals surface area (Å²) in [6.07, 6.45) is 2.68. The van der Waals surface area contributed by atoms with Crippen molar-refractivity contribution in [2.24, 2.45) is 0 Å². The average molecular weight is 332 g/mol. The van der Waals surface area contributed by atoms with E-state index in [9.17, 15) is 4.79 Å². The van der Waals surface area contributed by atoms with Gasteiger partial charge in [0.05, 0.1) is 19.5 Å². The molecule has 0 aromatic heterocycles. The van der Waals surface area contributed by atoms with Crippen molar-refractivity contribution in [1.82, 2.24) is 0 Å². The van der Waals surface area contributed by atoms with Gasteiger partial charge in [0, 0.05) is 22.1 Å². The Morgan fingerprint density at radius 3 is 2.56 bits per heavy atom. The Hall–Kier alpha value is -2.57. The molecule has 0 saturated heterocycles. The molecule has 1 aliphatic heterocycles. The third-order valence-electron chi connectivity index (χ3n) is 5.38. The van der Waals surface area contributed by atoms with Crippen LogP contribution < -0.4 is 4.90 Å². The molecule has 1 aliphatic carbocycles. The summed E-state index contributed by atoms with van der Waals surface area (Å²) in [6, 6.07) is 16.6. The monoisotopic (exact) mass is 332 g/mol. The lowest BCUT2D eigenvalue weighted by Crippen LogP contribution is -3.12. The van der Waals surface area contributed by atoms with Crippen molar-refractivity contribution < 1.29 is 14.8 Å². The summed E-state index contributed by atoms with van der Waals surface area (Å²) in [7, 11) is 0. The first kappa shape index (κ1) is 15.9. The normalized spacial score (nSPS) is 19.6. The molecule has 0 bridgehead atoms. The molecule has 1 fully saturated rings. The smallest absolute Gasteiger partial charge is 0.309 e. The summed E-state index contributed by atoms with van der Waals surface area (Å²) in [4.78, 5) is 12.3. The third kappa shape index (κ3) is 3.45. The van der Waals surface area contributed by atoms with Crippen molar-refractivity contribution >= 4 is 5.97 Å². The zero-order valence-corrected chi connectivity index (χ0v) is 14.2. The van der Waals surface area contributed by atoms with Gasteiger partial charge in [0.25, 0.3) is 0 Å². The lowest BCUT2D eigenvalue weighted by atomic mass is 9.85. The average Bonchev–Trinajstić information content (AvgIpc) is 3.39. The number of hydrogen-bond acceptors (Lipinski definition) is 1. The van der Waals surface area contributed by atoms with E-state index < -0.39 is 5.97 Å². The lowest BCUT2D eigenvalue weighted by molar-refractivity contribution is -0.918. The molecule has 2 aromatic rings. The van der Waals surface area contributed by atoms with Crippen LogP contribution in [0.4, 0.5) is 0 Å². The second-order valence-electron chi connectivity index (χ2n) is 7.27. The maximum atomic E-state index is 10.9. The highest BCUT2D eigenvalue weighted by Gasteiger charge is 2.51. The highest BCUT2D eigenvalue weighted by atomic mass is 16.4. The minimum Gasteiger partial charge on any atom is -0.481 e. The van der Waals surface area contributed by atoms with Crippen LogP contribution >= 0.6 is 0 Å². The number of aliphatic carboxylic acids is 1. The minimum absolute atomic E-state index is 0.251. The molecule has 1 atom stereocenters. The van der Waals surface area contributed by atoms with E-state index in [0.717, 1.165) is 24.2 Å². The molecule has 2 N–H and O–H groups in total. The fraction of sp³-hybridized carbons (Fsp3) is 0.318. The molecule has 1 heterocycles. The van der Waals surface area contributed by atoms with E-state index in [-0.39, 0.29) is 11.8 Å². The molecule has 0 amide bonds. The van der Waals surface area contributed by atoms with Crippen molar-refractivity contribution in [3.8, 4) is 11.8 Å². The van der Waals surface area contributed by atoms with E-state index in [0.29, 0.717) is 6.54 Å². The first-order valence-electron chi connectivity index (χ1n) is 8.90. The van der Waals surface area contributed by atoms with Gasteiger partial charge in [-0.3, -0.25) is 4.79 Å². The van der Waals surface area contributed by atoms with Gasteiger partial charge < -0.3 is 10.0 Å². The molecule has 3 heteroatoms. The Kier molecular flexibility index (Phi) is 4.07. The van der Waals surface area contributed by atoms with E-state index in [2.05, 4.69) is 30.0 Å². The summed E-state index contributed by atoms with van der Waals surface area (Å²) in [5, 5.41) is 8.95. The summed E-state index contributed by atoms with van der Waals surface area (Å²) in [5.41, 5.74) is 5.20. The van der Waals surface area contributed by atoms with Gasteiger partial charge in [-0.15, -0.1) is 0 Å². The van der Waals surface area contributed by atoms with E-state index in [1.165, 1.54) is 28.9 Å². The Morgan fingerprint density at radius 2 is 1.84 bits per heavy atom.